The van der Waals surface area contributed by atoms with E-state index in [0.29, 0.717) is 0 Å². The van der Waals surface area contributed by atoms with Crippen LogP contribution in [0, 0.1) is 71.0 Å². The Hall–Kier alpha value is 0. The fourth-order valence-corrected chi connectivity index (χ4v) is 9.41. The van der Waals surface area contributed by atoms with Crippen LogP contribution in [0.25, 0.3) is 0 Å². The van der Waals surface area contributed by atoms with Crippen molar-refractivity contribution in [2.75, 3.05) is 0 Å². The third kappa shape index (κ3) is 5.57. The lowest BCUT2D eigenvalue weighted by Crippen LogP contribution is -2.50. The largest absolute Gasteiger partial charge is 0.0654 e. The molecule has 0 aromatic rings. The van der Waals surface area contributed by atoms with Crippen LogP contribution in [0.1, 0.15) is 126 Å². The zero-order valence-corrected chi connectivity index (χ0v) is 22.7. The molecule has 182 valence electrons. The Morgan fingerprint density at radius 1 is 0.710 bits per heavy atom. The van der Waals surface area contributed by atoms with Gasteiger partial charge in [0.05, 0.1) is 0 Å². The SMILES string of the molecule is CCCCCC(C)C1C(C)C(C)C(C)C(C(C)C2CCCC2C)C1CC1CCCC1C. The fraction of sp³-hybridized carbons (Fsp3) is 1.00. The van der Waals surface area contributed by atoms with Crippen LogP contribution in [-0.2, 0) is 0 Å². The summed E-state index contributed by atoms with van der Waals surface area (Å²) in [6.07, 6.45) is 16.3. The Morgan fingerprint density at radius 3 is 1.94 bits per heavy atom. The Balaban J connectivity index is 1.89. The monoisotopic (exact) mass is 430 g/mol. The molecular weight excluding hydrogens is 372 g/mol. The fourth-order valence-electron chi connectivity index (χ4n) is 9.41. The molecule has 0 aliphatic heterocycles. The smallest absolute Gasteiger partial charge is 0.0326 e. The third-order valence-corrected chi connectivity index (χ3v) is 11.6. The second kappa shape index (κ2) is 11.4. The van der Waals surface area contributed by atoms with Crippen LogP contribution in [-0.4, -0.2) is 0 Å². The van der Waals surface area contributed by atoms with Gasteiger partial charge < -0.3 is 0 Å². The first-order valence-corrected chi connectivity index (χ1v) is 14.8. The van der Waals surface area contributed by atoms with Crippen molar-refractivity contribution < 1.29 is 0 Å². The van der Waals surface area contributed by atoms with Crippen LogP contribution in [0.5, 0.6) is 0 Å². The highest BCUT2D eigenvalue weighted by molar-refractivity contribution is 4.99. The second-order valence-electron chi connectivity index (χ2n) is 13.2. The molecule has 0 bridgehead atoms. The van der Waals surface area contributed by atoms with E-state index in [1.807, 2.05) is 0 Å². The van der Waals surface area contributed by atoms with Gasteiger partial charge in [-0.1, -0.05) is 113 Å². The molecule has 0 amide bonds. The minimum Gasteiger partial charge on any atom is -0.0654 e. The van der Waals surface area contributed by atoms with Crippen molar-refractivity contribution in [3.63, 3.8) is 0 Å². The van der Waals surface area contributed by atoms with Crippen molar-refractivity contribution in [3.8, 4) is 0 Å². The van der Waals surface area contributed by atoms with E-state index in [4.69, 9.17) is 0 Å². The maximum absolute atomic E-state index is 2.71. The molecule has 3 aliphatic carbocycles. The van der Waals surface area contributed by atoms with Gasteiger partial charge in [0.25, 0.3) is 0 Å². The zero-order chi connectivity index (χ0) is 22.7. The van der Waals surface area contributed by atoms with E-state index in [1.165, 1.54) is 64.2 Å². The molecule has 3 saturated carbocycles. The summed E-state index contributed by atoms with van der Waals surface area (Å²) in [7, 11) is 0. The van der Waals surface area contributed by atoms with Crippen LogP contribution in [0.15, 0.2) is 0 Å². The van der Waals surface area contributed by atoms with E-state index in [0.717, 1.165) is 71.0 Å². The Bertz CT molecular complexity index is 522. The minimum absolute atomic E-state index is 0.889. The molecule has 3 fully saturated rings. The molecule has 31 heavy (non-hydrogen) atoms. The molecule has 0 heteroatoms. The van der Waals surface area contributed by atoms with E-state index >= 15 is 0 Å². The maximum Gasteiger partial charge on any atom is -0.0326 e. The molecule has 0 aromatic heterocycles. The standard InChI is InChI=1S/C31H58/c1-9-10-11-14-22(4)30-24(6)23(5)25(7)31(26(8)28-18-13-16-21(28)3)29(30)19-27-17-12-15-20(27)2/h20-31H,9-19H2,1-8H3. The van der Waals surface area contributed by atoms with E-state index in [2.05, 4.69) is 55.4 Å². The summed E-state index contributed by atoms with van der Waals surface area (Å²) in [5, 5.41) is 0. The van der Waals surface area contributed by atoms with Crippen molar-refractivity contribution in [1.29, 1.82) is 0 Å². The summed E-state index contributed by atoms with van der Waals surface area (Å²) in [4.78, 5) is 0. The van der Waals surface area contributed by atoms with E-state index in [9.17, 15) is 0 Å². The average Bonchev–Trinajstić information content (AvgIpc) is 3.34. The minimum atomic E-state index is 0.889. The predicted molar refractivity (Wildman–Crippen MR) is 138 cm³/mol. The van der Waals surface area contributed by atoms with E-state index in [1.54, 1.807) is 6.42 Å². The van der Waals surface area contributed by atoms with Crippen molar-refractivity contribution in [2.24, 2.45) is 71.0 Å². The van der Waals surface area contributed by atoms with Gasteiger partial charge in [0.15, 0.2) is 0 Å². The van der Waals surface area contributed by atoms with Gasteiger partial charge in [-0.15, -0.1) is 0 Å². The lowest BCUT2D eigenvalue weighted by atomic mass is 9.50. The predicted octanol–water partition coefficient (Wildman–Crippen LogP) is 9.87. The molecule has 0 aromatic carbocycles. The van der Waals surface area contributed by atoms with Crippen molar-refractivity contribution in [3.05, 3.63) is 0 Å². The Kier molecular flexibility index (Phi) is 9.44. The van der Waals surface area contributed by atoms with Gasteiger partial charge in [-0.05, 0) is 83.9 Å². The highest BCUT2D eigenvalue weighted by Crippen LogP contribution is 2.57. The number of hydrogen-bond acceptors (Lipinski definition) is 0. The number of rotatable bonds is 9. The van der Waals surface area contributed by atoms with Gasteiger partial charge >= 0.3 is 0 Å². The summed E-state index contributed by atoms with van der Waals surface area (Å²) in [5.41, 5.74) is 0. The summed E-state index contributed by atoms with van der Waals surface area (Å²) < 4.78 is 0. The molecular formula is C31H58. The van der Waals surface area contributed by atoms with Gasteiger partial charge in [-0.25, -0.2) is 0 Å². The van der Waals surface area contributed by atoms with Gasteiger partial charge in [-0.3, -0.25) is 0 Å². The topological polar surface area (TPSA) is 0 Å². The third-order valence-electron chi connectivity index (χ3n) is 11.6. The highest BCUT2D eigenvalue weighted by atomic mass is 14.6. The average molecular weight is 431 g/mol. The number of hydrogen-bond donors (Lipinski definition) is 0. The maximum atomic E-state index is 2.71. The summed E-state index contributed by atoms with van der Waals surface area (Å²) in [6.45, 7) is 20.8. The van der Waals surface area contributed by atoms with Crippen LogP contribution < -0.4 is 0 Å². The Labute approximate surface area is 197 Å². The van der Waals surface area contributed by atoms with Gasteiger partial charge in [0.1, 0.15) is 0 Å². The first-order chi connectivity index (χ1) is 14.8. The quantitative estimate of drug-likeness (QED) is 0.319. The molecule has 3 rings (SSSR count). The summed E-state index contributed by atoms with van der Waals surface area (Å²) in [6, 6.07) is 0. The van der Waals surface area contributed by atoms with Gasteiger partial charge in [-0.2, -0.15) is 0 Å². The lowest BCUT2D eigenvalue weighted by molar-refractivity contribution is -0.0718. The molecule has 0 saturated heterocycles. The number of unbranched alkanes of at least 4 members (excludes halogenated alkanes) is 2. The van der Waals surface area contributed by atoms with Crippen molar-refractivity contribution >= 4 is 0 Å². The molecule has 0 nitrogen and oxygen atoms in total. The van der Waals surface area contributed by atoms with Gasteiger partial charge in [0.2, 0.25) is 0 Å². The molecule has 0 N–H and O–H groups in total. The molecule has 3 aliphatic rings. The molecule has 0 heterocycles. The second-order valence-corrected chi connectivity index (χ2v) is 13.2. The van der Waals surface area contributed by atoms with Crippen LogP contribution in [0.2, 0.25) is 0 Å². The lowest BCUT2D eigenvalue weighted by Gasteiger charge is -2.55. The van der Waals surface area contributed by atoms with Gasteiger partial charge in [0, 0.05) is 0 Å². The molecule has 12 atom stereocenters. The Morgan fingerprint density at radius 2 is 1.35 bits per heavy atom. The van der Waals surface area contributed by atoms with Crippen molar-refractivity contribution in [2.45, 2.75) is 126 Å². The first-order valence-electron chi connectivity index (χ1n) is 14.8. The van der Waals surface area contributed by atoms with Crippen LogP contribution in [0.4, 0.5) is 0 Å². The summed E-state index contributed by atoms with van der Waals surface area (Å²) >= 11 is 0. The highest BCUT2D eigenvalue weighted by Gasteiger charge is 2.51. The normalized spacial score (nSPS) is 45.7. The molecule has 0 spiro atoms. The van der Waals surface area contributed by atoms with Crippen molar-refractivity contribution in [1.82, 2.24) is 0 Å². The first kappa shape index (κ1) is 25.6. The summed E-state index contributed by atoms with van der Waals surface area (Å²) in [5.74, 6) is 11.4. The van der Waals surface area contributed by atoms with E-state index in [-0.39, 0.29) is 0 Å². The van der Waals surface area contributed by atoms with Crippen LogP contribution in [0.3, 0.4) is 0 Å². The molecule has 0 radical (unpaired) electrons. The van der Waals surface area contributed by atoms with Crippen LogP contribution >= 0.6 is 0 Å². The van der Waals surface area contributed by atoms with E-state index < -0.39 is 0 Å². The molecule has 12 unspecified atom stereocenters. The zero-order valence-electron chi connectivity index (χ0n) is 22.7.